The molecule has 0 bridgehead atoms. The first-order valence-corrected chi connectivity index (χ1v) is 9.92. The summed E-state index contributed by atoms with van der Waals surface area (Å²) in [6.07, 6.45) is 0. The van der Waals surface area contributed by atoms with E-state index >= 15 is 0 Å². The second-order valence-corrected chi connectivity index (χ2v) is 8.01. The molecule has 1 saturated heterocycles. The summed E-state index contributed by atoms with van der Waals surface area (Å²) >= 11 is 0. The monoisotopic (exact) mass is 487 g/mol. The summed E-state index contributed by atoms with van der Waals surface area (Å²) in [5, 5.41) is 6.92. The maximum Gasteiger partial charge on any atom is 0.191 e. The van der Waals surface area contributed by atoms with Gasteiger partial charge in [-0.3, -0.25) is 9.89 Å². The third-order valence-corrected chi connectivity index (χ3v) is 5.26. The van der Waals surface area contributed by atoms with Gasteiger partial charge in [-0.15, -0.1) is 24.0 Å². The predicted molar refractivity (Wildman–Crippen MR) is 127 cm³/mol. The number of piperazine rings is 1. The van der Waals surface area contributed by atoms with Gasteiger partial charge in [-0.2, -0.15) is 0 Å². The van der Waals surface area contributed by atoms with Crippen molar-refractivity contribution in [2.75, 3.05) is 52.9 Å². The van der Waals surface area contributed by atoms with Crippen LogP contribution in [0.15, 0.2) is 35.3 Å². The molecule has 6 heteroatoms. The molecule has 1 aromatic rings. The Morgan fingerprint density at radius 2 is 1.74 bits per heavy atom. The van der Waals surface area contributed by atoms with Crippen molar-refractivity contribution in [3.05, 3.63) is 35.9 Å². The molecule has 1 aliphatic heterocycles. The van der Waals surface area contributed by atoms with E-state index in [1.54, 1.807) is 0 Å². The minimum Gasteiger partial charge on any atom is -0.357 e. The van der Waals surface area contributed by atoms with Gasteiger partial charge in [0.05, 0.1) is 6.54 Å². The van der Waals surface area contributed by atoms with Crippen LogP contribution in [-0.4, -0.2) is 74.7 Å². The summed E-state index contributed by atoms with van der Waals surface area (Å²) < 4.78 is 0. The van der Waals surface area contributed by atoms with Gasteiger partial charge in [0, 0.05) is 50.7 Å². The first kappa shape index (κ1) is 24.2. The minimum absolute atomic E-state index is 0. The standard InChI is InChI=1S/C21H37N5.HI/c1-6-22-20(23-16-18(2)26-14-12-25(5)13-15-26)24-17-21(3,4)19-10-8-7-9-11-19;/h7-11,18H,6,12-17H2,1-5H3,(H2,22,23,24);1H. The van der Waals surface area contributed by atoms with Crippen molar-refractivity contribution in [1.82, 2.24) is 20.4 Å². The van der Waals surface area contributed by atoms with Gasteiger partial charge in [-0.05, 0) is 26.5 Å². The molecule has 1 aliphatic rings. The number of likely N-dealkylation sites (N-methyl/N-ethyl adjacent to an activating group) is 1. The summed E-state index contributed by atoms with van der Waals surface area (Å²) in [7, 11) is 2.20. The van der Waals surface area contributed by atoms with Crippen molar-refractivity contribution >= 4 is 29.9 Å². The summed E-state index contributed by atoms with van der Waals surface area (Å²) in [4.78, 5) is 9.82. The fourth-order valence-electron chi connectivity index (χ4n) is 3.24. The van der Waals surface area contributed by atoms with Crippen molar-refractivity contribution < 1.29 is 0 Å². The van der Waals surface area contributed by atoms with Gasteiger partial charge in [-0.25, -0.2) is 0 Å². The number of hydrogen-bond acceptors (Lipinski definition) is 3. The van der Waals surface area contributed by atoms with Crippen molar-refractivity contribution in [1.29, 1.82) is 0 Å². The lowest BCUT2D eigenvalue weighted by molar-refractivity contribution is 0.120. The number of benzene rings is 1. The van der Waals surface area contributed by atoms with Crippen LogP contribution in [0.4, 0.5) is 0 Å². The molecule has 1 unspecified atom stereocenters. The van der Waals surface area contributed by atoms with Crippen LogP contribution in [0, 0.1) is 0 Å². The first-order chi connectivity index (χ1) is 12.4. The molecule has 2 N–H and O–H groups in total. The summed E-state index contributed by atoms with van der Waals surface area (Å²) in [5.41, 5.74) is 1.34. The third kappa shape index (κ3) is 7.95. The molecule has 1 aromatic carbocycles. The Balaban J connectivity index is 0.00000364. The quantitative estimate of drug-likeness (QED) is 0.353. The smallest absolute Gasteiger partial charge is 0.191 e. The van der Waals surface area contributed by atoms with Crippen molar-refractivity contribution in [3.8, 4) is 0 Å². The fraction of sp³-hybridized carbons (Fsp3) is 0.667. The van der Waals surface area contributed by atoms with E-state index < -0.39 is 0 Å². The average molecular weight is 487 g/mol. The number of aliphatic imine (C=N–C) groups is 1. The third-order valence-electron chi connectivity index (χ3n) is 5.26. The van der Waals surface area contributed by atoms with Crippen LogP contribution in [0.5, 0.6) is 0 Å². The lowest BCUT2D eigenvalue weighted by atomic mass is 9.85. The number of guanidine groups is 1. The van der Waals surface area contributed by atoms with Gasteiger partial charge >= 0.3 is 0 Å². The topological polar surface area (TPSA) is 42.9 Å². The molecule has 1 heterocycles. The van der Waals surface area contributed by atoms with E-state index in [1.165, 1.54) is 5.56 Å². The Morgan fingerprint density at radius 3 is 2.33 bits per heavy atom. The second-order valence-electron chi connectivity index (χ2n) is 8.01. The minimum atomic E-state index is 0. The highest BCUT2D eigenvalue weighted by molar-refractivity contribution is 14.0. The van der Waals surface area contributed by atoms with Crippen molar-refractivity contribution in [2.24, 2.45) is 4.99 Å². The SMILES string of the molecule is CCNC(=NCC(C)(C)c1ccccc1)NCC(C)N1CCN(C)CC1.I. The fourth-order valence-corrected chi connectivity index (χ4v) is 3.24. The summed E-state index contributed by atoms with van der Waals surface area (Å²) in [5.74, 6) is 0.914. The van der Waals surface area contributed by atoms with E-state index in [0.29, 0.717) is 6.04 Å². The summed E-state index contributed by atoms with van der Waals surface area (Å²) in [6.45, 7) is 16.1. The average Bonchev–Trinajstić information content (AvgIpc) is 2.65. The number of rotatable bonds is 7. The molecule has 0 aromatic heterocycles. The van der Waals surface area contributed by atoms with E-state index in [9.17, 15) is 0 Å². The molecular weight excluding hydrogens is 449 g/mol. The maximum atomic E-state index is 4.86. The molecule has 0 spiro atoms. The molecule has 27 heavy (non-hydrogen) atoms. The number of nitrogens with one attached hydrogen (secondary N) is 2. The summed E-state index contributed by atoms with van der Waals surface area (Å²) in [6, 6.07) is 11.1. The molecular formula is C21H38IN5. The lowest BCUT2D eigenvalue weighted by Crippen LogP contribution is -2.52. The van der Waals surface area contributed by atoms with Gasteiger partial charge in [0.1, 0.15) is 0 Å². The van der Waals surface area contributed by atoms with Crippen molar-refractivity contribution in [2.45, 2.75) is 39.2 Å². The highest BCUT2D eigenvalue weighted by Gasteiger charge is 2.21. The van der Waals surface area contributed by atoms with Gasteiger partial charge in [0.15, 0.2) is 5.96 Å². The van der Waals surface area contributed by atoms with E-state index in [1.807, 2.05) is 0 Å². The van der Waals surface area contributed by atoms with E-state index in [0.717, 1.165) is 51.8 Å². The zero-order chi connectivity index (χ0) is 19.0. The van der Waals surface area contributed by atoms with Crippen LogP contribution in [0.25, 0.3) is 0 Å². The molecule has 1 fully saturated rings. The van der Waals surface area contributed by atoms with Crippen molar-refractivity contribution in [3.63, 3.8) is 0 Å². The number of halogens is 1. The largest absolute Gasteiger partial charge is 0.357 e. The molecule has 154 valence electrons. The van der Waals surface area contributed by atoms with Gasteiger partial charge in [0.2, 0.25) is 0 Å². The van der Waals surface area contributed by atoms with Gasteiger partial charge in [-0.1, -0.05) is 44.2 Å². The van der Waals surface area contributed by atoms with Crippen LogP contribution in [0.3, 0.4) is 0 Å². The maximum absolute atomic E-state index is 4.86. The molecule has 1 atom stereocenters. The Bertz CT molecular complexity index is 553. The molecule has 2 rings (SSSR count). The lowest BCUT2D eigenvalue weighted by Gasteiger charge is -2.36. The first-order valence-electron chi connectivity index (χ1n) is 9.92. The Hall–Kier alpha value is -0.860. The normalized spacial score (nSPS) is 17.9. The van der Waals surface area contributed by atoms with Gasteiger partial charge in [0.25, 0.3) is 0 Å². The van der Waals surface area contributed by atoms with Crippen LogP contribution < -0.4 is 10.6 Å². The van der Waals surface area contributed by atoms with Crippen LogP contribution in [0.1, 0.15) is 33.3 Å². The number of nitrogens with zero attached hydrogens (tertiary/aromatic N) is 3. The zero-order valence-electron chi connectivity index (χ0n) is 17.7. The number of hydrogen-bond donors (Lipinski definition) is 2. The molecule has 0 aliphatic carbocycles. The molecule has 0 saturated carbocycles. The highest BCUT2D eigenvalue weighted by Crippen LogP contribution is 2.22. The predicted octanol–water partition coefficient (Wildman–Crippen LogP) is 2.77. The van der Waals surface area contributed by atoms with Crippen LogP contribution in [-0.2, 0) is 5.41 Å². The van der Waals surface area contributed by atoms with E-state index in [4.69, 9.17) is 4.99 Å². The Kier molecular flexibility index (Phi) is 10.6. The Labute approximate surface area is 183 Å². The molecule has 5 nitrogen and oxygen atoms in total. The van der Waals surface area contributed by atoms with E-state index in [2.05, 4.69) is 85.5 Å². The van der Waals surface area contributed by atoms with E-state index in [-0.39, 0.29) is 29.4 Å². The van der Waals surface area contributed by atoms with Crippen LogP contribution >= 0.6 is 24.0 Å². The van der Waals surface area contributed by atoms with Gasteiger partial charge < -0.3 is 15.5 Å². The van der Waals surface area contributed by atoms with Crippen LogP contribution in [0.2, 0.25) is 0 Å². The second kappa shape index (κ2) is 11.9. The molecule has 0 amide bonds. The highest BCUT2D eigenvalue weighted by atomic mass is 127. The zero-order valence-corrected chi connectivity index (χ0v) is 20.0. The molecule has 0 radical (unpaired) electrons. The Morgan fingerprint density at radius 1 is 1.11 bits per heavy atom.